The molecular formula is C23H27FN4O2. The number of ether oxygens (including phenoxy) is 1. The number of rotatable bonds is 7. The molecule has 0 aliphatic rings. The van der Waals surface area contributed by atoms with Crippen LogP contribution in [0.15, 0.2) is 58.1 Å². The summed E-state index contributed by atoms with van der Waals surface area (Å²) in [6.07, 6.45) is 1.71. The van der Waals surface area contributed by atoms with Crippen LogP contribution in [0.25, 0.3) is 11.3 Å². The Morgan fingerprint density at radius 2 is 2.00 bits per heavy atom. The normalized spacial score (nSPS) is 12.5. The van der Waals surface area contributed by atoms with E-state index < -0.39 is 5.82 Å². The Bertz CT molecular complexity index is 999. The zero-order valence-corrected chi connectivity index (χ0v) is 17.7. The van der Waals surface area contributed by atoms with Gasteiger partial charge in [-0.05, 0) is 38.5 Å². The van der Waals surface area contributed by atoms with Gasteiger partial charge >= 0.3 is 0 Å². The molecule has 1 atom stereocenters. The molecule has 1 unspecified atom stereocenters. The van der Waals surface area contributed by atoms with E-state index in [1.165, 1.54) is 18.7 Å². The first-order valence-electron chi connectivity index (χ1n) is 9.90. The minimum atomic E-state index is -0.394. The summed E-state index contributed by atoms with van der Waals surface area (Å²) < 4.78 is 24.8. The molecule has 1 heterocycles. The summed E-state index contributed by atoms with van der Waals surface area (Å²) in [5.74, 6) is 1.65. The number of benzene rings is 2. The average molecular weight is 410 g/mol. The average Bonchev–Trinajstić information content (AvgIpc) is 3.21. The molecule has 30 heavy (non-hydrogen) atoms. The Morgan fingerprint density at radius 3 is 2.67 bits per heavy atom. The molecule has 0 aliphatic heterocycles. The van der Waals surface area contributed by atoms with Crippen LogP contribution in [0.3, 0.4) is 0 Å². The topological polar surface area (TPSA) is 71.7 Å². The first kappa shape index (κ1) is 21.4. The standard InChI is InChI=1S/C23H27FN4O2/c1-5-25-23(28-16(3)18-10-11-20(29-4)19(24)12-18)27-14-22-26-13-21(30-22)17-8-6-15(2)7-9-17/h6-13,16H,5,14H2,1-4H3,(H2,25,27,28). The zero-order chi connectivity index (χ0) is 21.5. The molecule has 2 N–H and O–H groups in total. The summed E-state index contributed by atoms with van der Waals surface area (Å²) in [6.45, 7) is 6.94. The van der Waals surface area contributed by atoms with Crippen molar-refractivity contribution in [2.75, 3.05) is 13.7 Å². The highest BCUT2D eigenvalue weighted by atomic mass is 19.1. The van der Waals surface area contributed by atoms with E-state index in [0.29, 0.717) is 24.2 Å². The van der Waals surface area contributed by atoms with Crippen molar-refractivity contribution in [2.45, 2.75) is 33.4 Å². The number of aliphatic imine (C=N–C) groups is 1. The van der Waals surface area contributed by atoms with Crippen molar-refractivity contribution < 1.29 is 13.5 Å². The minimum Gasteiger partial charge on any atom is -0.494 e. The Labute approximate surface area is 176 Å². The fourth-order valence-electron chi connectivity index (χ4n) is 2.94. The maximum atomic E-state index is 14.0. The number of guanidine groups is 1. The van der Waals surface area contributed by atoms with Crippen LogP contribution in [-0.4, -0.2) is 24.6 Å². The molecule has 0 bridgehead atoms. The van der Waals surface area contributed by atoms with Crippen molar-refractivity contribution in [3.8, 4) is 17.1 Å². The second-order valence-corrected chi connectivity index (χ2v) is 6.94. The van der Waals surface area contributed by atoms with Gasteiger partial charge in [-0.25, -0.2) is 14.4 Å². The van der Waals surface area contributed by atoms with E-state index in [-0.39, 0.29) is 18.3 Å². The van der Waals surface area contributed by atoms with E-state index in [1.54, 1.807) is 12.3 Å². The maximum absolute atomic E-state index is 14.0. The fourth-order valence-corrected chi connectivity index (χ4v) is 2.94. The van der Waals surface area contributed by atoms with Gasteiger partial charge in [-0.3, -0.25) is 0 Å². The minimum absolute atomic E-state index is 0.157. The van der Waals surface area contributed by atoms with Gasteiger partial charge in [-0.2, -0.15) is 0 Å². The summed E-state index contributed by atoms with van der Waals surface area (Å²) >= 11 is 0. The number of nitrogens with zero attached hydrogens (tertiary/aromatic N) is 2. The lowest BCUT2D eigenvalue weighted by Gasteiger charge is -2.18. The number of methoxy groups -OCH3 is 1. The Morgan fingerprint density at radius 1 is 1.23 bits per heavy atom. The zero-order valence-electron chi connectivity index (χ0n) is 17.7. The quantitative estimate of drug-likeness (QED) is 0.439. The molecule has 2 aromatic carbocycles. The van der Waals surface area contributed by atoms with Gasteiger partial charge < -0.3 is 19.8 Å². The highest BCUT2D eigenvalue weighted by Gasteiger charge is 2.12. The first-order chi connectivity index (χ1) is 14.5. The second kappa shape index (κ2) is 9.91. The van der Waals surface area contributed by atoms with Crippen LogP contribution >= 0.6 is 0 Å². The number of aryl methyl sites for hydroxylation is 1. The van der Waals surface area contributed by atoms with Crippen molar-refractivity contribution in [2.24, 2.45) is 4.99 Å². The lowest BCUT2D eigenvalue weighted by Crippen LogP contribution is -2.38. The van der Waals surface area contributed by atoms with Crippen LogP contribution in [-0.2, 0) is 6.54 Å². The Hall–Kier alpha value is -3.35. The van der Waals surface area contributed by atoms with Gasteiger partial charge in [-0.1, -0.05) is 35.9 Å². The number of halogens is 1. The predicted molar refractivity (Wildman–Crippen MR) is 116 cm³/mol. The Kier molecular flexibility index (Phi) is 7.06. The second-order valence-electron chi connectivity index (χ2n) is 6.94. The number of aromatic nitrogens is 1. The molecule has 1 aromatic heterocycles. The van der Waals surface area contributed by atoms with Crippen molar-refractivity contribution in [1.82, 2.24) is 15.6 Å². The predicted octanol–water partition coefficient (Wildman–Crippen LogP) is 4.61. The van der Waals surface area contributed by atoms with E-state index in [2.05, 4.69) is 20.6 Å². The number of hydrogen-bond donors (Lipinski definition) is 2. The third kappa shape index (κ3) is 5.37. The van der Waals surface area contributed by atoms with Crippen molar-refractivity contribution in [3.63, 3.8) is 0 Å². The molecule has 158 valence electrons. The molecule has 0 amide bonds. The lowest BCUT2D eigenvalue weighted by atomic mass is 10.1. The van der Waals surface area contributed by atoms with Crippen molar-refractivity contribution >= 4 is 5.96 Å². The summed E-state index contributed by atoms with van der Waals surface area (Å²) in [6, 6.07) is 12.8. The molecule has 0 saturated carbocycles. The molecule has 0 fully saturated rings. The third-order valence-electron chi connectivity index (χ3n) is 4.64. The number of hydrogen-bond acceptors (Lipinski definition) is 4. The van der Waals surface area contributed by atoms with Gasteiger partial charge in [0, 0.05) is 12.1 Å². The largest absolute Gasteiger partial charge is 0.494 e. The van der Waals surface area contributed by atoms with Crippen LogP contribution in [0.4, 0.5) is 4.39 Å². The van der Waals surface area contributed by atoms with E-state index in [1.807, 2.05) is 51.1 Å². The summed E-state index contributed by atoms with van der Waals surface area (Å²) in [5, 5.41) is 6.46. The lowest BCUT2D eigenvalue weighted by molar-refractivity contribution is 0.386. The number of oxazole rings is 1. The van der Waals surface area contributed by atoms with Gasteiger partial charge in [0.05, 0.1) is 19.3 Å². The van der Waals surface area contributed by atoms with Crippen LogP contribution in [0.5, 0.6) is 5.75 Å². The molecule has 0 spiro atoms. The van der Waals surface area contributed by atoms with Gasteiger partial charge in [0.25, 0.3) is 0 Å². The van der Waals surface area contributed by atoms with Gasteiger partial charge in [0.1, 0.15) is 6.54 Å². The van der Waals surface area contributed by atoms with Crippen LogP contribution in [0.1, 0.15) is 36.9 Å². The van der Waals surface area contributed by atoms with Crippen LogP contribution in [0, 0.1) is 12.7 Å². The molecule has 0 saturated heterocycles. The maximum Gasteiger partial charge on any atom is 0.216 e. The monoisotopic (exact) mass is 410 g/mol. The molecule has 3 rings (SSSR count). The summed E-state index contributed by atoms with van der Waals surface area (Å²) in [4.78, 5) is 8.87. The Balaban J connectivity index is 1.68. The summed E-state index contributed by atoms with van der Waals surface area (Å²) in [7, 11) is 1.45. The highest BCUT2D eigenvalue weighted by molar-refractivity contribution is 5.80. The fraction of sp³-hybridized carbons (Fsp3) is 0.304. The van der Waals surface area contributed by atoms with Gasteiger partial charge in [0.2, 0.25) is 5.89 Å². The van der Waals surface area contributed by atoms with E-state index >= 15 is 0 Å². The molecule has 0 aliphatic carbocycles. The van der Waals surface area contributed by atoms with E-state index in [0.717, 1.165) is 11.1 Å². The third-order valence-corrected chi connectivity index (χ3v) is 4.64. The van der Waals surface area contributed by atoms with Crippen LogP contribution in [0.2, 0.25) is 0 Å². The first-order valence-corrected chi connectivity index (χ1v) is 9.90. The molecule has 3 aromatic rings. The van der Waals surface area contributed by atoms with Crippen LogP contribution < -0.4 is 15.4 Å². The van der Waals surface area contributed by atoms with E-state index in [9.17, 15) is 4.39 Å². The number of nitrogens with one attached hydrogen (secondary N) is 2. The van der Waals surface area contributed by atoms with Crippen molar-refractivity contribution in [1.29, 1.82) is 0 Å². The smallest absolute Gasteiger partial charge is 0.216 e. The molecule has 6 nitrogen and oxygen atoms in total. The van der Waals surface area contributed by atoms with Gasteiger partial charge in [-0.15, -0.1) is 0 Å². The summed E-state index contributed by atoms with van der Waals surface area (Å²) in [5.41, 5.74) is 2.95. The molecule has 0 radical (unpaired) electrons. The SMILES string of the molecule is CCNC(=NCc1ncc(-c2ccc(C)cc2)o1)NC(C)c1ccc(OC)c(F)c1. The van der Waals surface area contributed by atoms with Crippen molar-refractivity contribution in [3.05, 3.63) is 71.5 Å². The molecular weight excluding hydrogens is 383 g/mol. The molecule has 7 heteroatoms. The van der Waals surface area contributed by atoms with E-state index in [4.69, 9.17) is 9.15 Å². The highest BCUT2D eigenvalue weighted by Crippen LogP contribution is 2.22. The van der Waals surface area contributed by atoms with Gasteiger partial charge in [0.15, 0.2) is 23.3 Å².